The molecule has 0 aromatic carbocycles. The molecule has 24 heavy (non-hydrogen) atoms. The molecule has 0 unspecified atom stereocenters. The summed E-state index contributed by atoms with van der Waals surface area (Å²) in [6.07, 6.45) is 7.25. The lowest BCUT2D eigenvalue weighted by molar-refractivity contribution is 0.0721. The highest BCUT2D eigenvalue weighted by Gasteiger charge is 2.27. The van der Waals surface area contributed by atoms with Crippen molar-refractivity contribution in [1.82, 2.24) is 34.6 Å². The monoisotopic (exact) mass is 321 g/mol. The fourth-order valence-electron chi connectivity index (χ4n) is 2.85. The lowest BCUT2D eigenvalue weighted by Crippen LogP contribution is -2.37. The van der Waals surface area contributed by atoms with E-state index in [9.17, 15) is 4.79 Å². The quantitative estimate of drug-likeness (QED) is 0.695. The Labute approximate surface area is 138 Å². The SMILES string of the molecule is Cn1cnc(C(=O)N2CCc3ncnc(-c4ccncc4)c3C2)n1. The predicted octanol–water partition coefficient (Wildman–Crippen LogP) is 0.866. The highest BCUT2D eigenvalue weighted by atomic mass is 16.2. The van der Waals surface area contributed by atoms with E-state index < -0.39 is 0 Å². The third kappa shape index (κ3) is 2.51. The van der Waals surface area contributed by atoms with Gasteiger partial charge in [-0.2, -0.15) is 0 Å². The summed E-state index contributed by atoms with van der Waals surface area (Å²) < 4.78 is 1.52. The summed E-state index contributed by atoms with van der Waals surface area (Å²) in [5.74, 6) is 0.0362. The molecule has 1 aliphatic heterocycles. The first-order valence-corrected chi connectivity index (χ1v) is 7.60. The van der Waals surface area contributed by atoms with Gasteiger partial charge in [0.2, 0.25) is 5.82 Å². The number of fused-ring (bicyclic) bond motifs is 1. The van der Waals surface area contributed by atoms with Crippen molar-refractivity contribution in [2.24, 2.45) is 7.05 Å². The summed E-state index contributed by atoms with van der Waals surface area (Å²) in [7, 11) is 1.74. The van der Waals surface area contributed by atoms with Crippen LogP contribution in [-0.2, 0) is 20.0 Å². The number of carbonyl (C=O) groups is 1. The van der Waals surface area contributed by atoms with Crippen molar-refractivity contribution in [3.63, 3.8) is 0 Å². The number of amides is 1. The molecule has 8 nitrogen and oxygen atoms in total. The van der Waals surface area contributed by atoms with E-state index in [4.69, 9.17) is 0 Å². The molecule has 3 aromatic heterocycles. The fraction of sp³-hybridized carbons (Fsp3) is 0.250. The number of hydrogen-bond acceptors (Lipinski definition) is 6. The van der Waals surface area contributed by atoms with E-state index in [0.29, 0.717) is 19.5 Å². The van der Waals surface area contributed by atoms with Crippen molar-refractivity contribution in [2.75, 3.05) is 6.54 Å². The van der Waals surface area contributed by atoms with Gasteiger partial charge in [0.05, 0.1) is 17.9 Å². The van der Waals surface area contributed by atoms with Crippen LogP contribution < -0.4 is 0 Å². The minimum Gasteiger partial charge on any atom is -0.331 e. The van der Waals surface area contributed by atoms with Crippen molar-refractivity contribution < 1.29 is 4.79 Å². The zero-order chi connectivity index (χ0) is 16.5. The molecule has 120 valence electrons. The largest absolute Gasteiger partial charge is 0.331 e. The summed E-state index contributed by atoms with van der Waals surface area (Å²) >= 11 is 0. The Morgan fingerprint density at radius 2 is 2.00 bits per heavy atom. The van der Waals surface area contributed by atoms with Crippen LogP contribution in [0.15, 0.2) is 37.2 Å². The topological polar surface area (TPSA) is 89.7 Å². The lowest BCUT2D eigenvalue weighted by atomic mass is 10.00. The van der Waals surface area contributed by atoms with Gasteiger partial charge in [-0.25, -0.2) is 15.0 Å². The van der Waals surface area contributed by atoms with Crippen LogP contribution in [0.5, 0.6) is 0 Å². The smallest absolute Gasteiger partial charge is 0.293 e. The Hall–Kier alpha value is -3.16. The van der Waals surface area contributed by atoms with E-state index >= 15 is 0 Å². The second kappa shape index (κ2) is 5.80. The van der Waals surface area contributed by atoms with Gasteiger partial charge in [-0.1, -0.05) is 0 Å². The second-order valence-electron chi connectivity index (χ2n) is 5.60. The van der Waals surface area contributed by atoms with Gasteiger partial charge >= 0.3 is 0 Å². The fourth-order valence-corrected chi connectivity index (χ4v) is 2.85. The molecule has 0 saturated carbocycles. The Morgan fingerprint density at radius 1 is 1.17 bits per heavy atom. The third-order valence-electron chi connectivity index (χ3n) is 4.03. The Kier molecular flexibility index (Phi) is 3.49. The minimum atomic E-state index is -0.175. The van der Waals surface area contributed by atoms with E-state index in [-0.39, 0.29) is 11.7 Å². The van der Waals surface area contributed by atoms with Crippen molar-refractivity contribution in [2.45, 2.75) is 13.0 Å². The van der Waals surface area contributed by atoms with Crippen LogP contribution in [0.2, 0.25) is 0 Å². The zero-order valence-electron chi connectivity index (χ0n) is 13.1. The average Bonchev–Trinajstić information content (AvgIpc) is 3.07. The molecule has 0 radical (unpaired) electrons. The van der Waals surface area contributed by atoms with Crippen LogP contribution in [0.25, 0.3) is 11.3 Å². The van der Waals surface area contributed by atoms with Gasteiger partial charge in [0, 0.05) is 43.5 Å². The van der Waals surface area contributed by atoms with Gasteiger partial charge in [0.1, 0.15) is 12.7 Å². The molecule has 3 aromatic rings. The molecule has 0 fully saturated rings. The molecule has 0 spiro atoms. The maximum absolute atomic E-state index is 12.6. The van der Waals surface area contributed by atoms with Crippen LogP contribution >= 0.6 is 0 Å². The highest BCUT2D eigenvalue weighted by Crippen LogP contribution is 2.27. The number of aromatic nitrogens is 6. The molecule has 1 amide bonds. The lowest BCUT2D eigenvalue weighted by Gasteiger charge is -2.28. The zero-order valence-corrected chi connectivity index (χ0v) is 13.1. The number of rotatable bonds is 2. The van der Waals surface area contributed by atoms with Crippen molar-refractivity contribution in [3.8, 4) is 11.3 Å². The van der Waals surface area contributed by atoms with Gasteiger partial charge in [-0.3, -0.25) is 14.5 Å². The molecule has 1 aliphatic rings. The molecular weight excluding hydrogens is 306 g/mol. The van der Waals surface area contributed by atoms with Crippen LogP contribution in [0.3, 0.4) is 0 Å². The van der Waals surface area contributed by atoms with Crippen LogP contribution in [0.4, 0.5) is 0 Å². The summed E-state index contributed by atoms with van der Waals surface area (Å²) in [4.78, 5) is 31.2. The van der Waals surface area contributed by atoms with Crippen molar-refractivity contribution in [1.29, 1.82) is 0 Å². The molecular formula is C16H15N7O. The number of carbonyl (C=O) groups excluding carboxylic acids is 1. The Bertz CT molecular complexity index is 890. The average molecular weight is 321 g/mol. The van der Waals surface area contributed by atoms with E-state index in [2.05, 4.69) is 25.0 Å². The number of nitrogens with zero attached hydrogens (tertiary/aromatic N) is 7. The number of hydrogen-bond donors (Lipinski definition) is 0. The van der Waals surface area contributed by atoms with Gasteiger partial charge in [-0.15, -0.1) is 5.10 Å². The van der Waals surface area contributed by atoms with E-state index in [1.165, 1.54) is 11.0 Å². The molecule has 0 bridgehead atoms. The Morgan fingerprint density at radius 3 is 2.75 bits per heavy atom. The van der Waals surface area contributed by atoms with E-state index in [1.54, 1.807) is 30.7 Å². The van der Waals surface area contributed by atoms with Gasteiger partial charge in [-0.05, 0) is 12.1 Å². The summed E-state index contributed by atoms with van der Waals surface area (Å²) in [6, 6.07) is 3.81. The van der Waals surface area contributed by atoms with Gasteiger partial charge in [0.15, 0.2) is 0 Å². The van der Waals surface area contributed by atoms with Crippen molar-refractivity contribution >= 4 is 5.91 Å². The molecule has 4 rings (SSSR count). The standard InChI is InChI=1S/C16H15N7O/c1-22-10-20-15(21-22)16(24)23-7-4-13-12(8-23)14(19-9-18-13)11-2-5-17-6-3-11/h2-3,5-6,9-10H,4,7-8H2,1H3. The van der Waals surface area contributed by atoms with Gasteiger partial charge in [0.25, 0.3) is 5.91 Å². The van der Waals surface area contributed by atoms with Gasteiger partial charge < -0.3 is 4.90 Å². The molecule has 8 heteroatoms. The first-order chi connectivity index (χ1) is 11.7. The minimum absolute atomic E-state index is 0.175. The molecule has 0 aliphatic carbocycles. The molecule has 0 atom stereocenters. The van der Waals surface area contributed by atoms with Crippen LogP contribution in [0, 0.1) is 0 Å². The maximum Gasteiger partial charge on any atom is 0.293 e. The highest BCUT2D eigenvalue weighted by molar-refractivity contribution is 5.90. The first kappa shape index (κ1) is 14.4. The summed E-state index contributed by atoms with van der Waals surface area (Å²) in [5.41, 5.74) is 3.76. The van der Waals surface area contributed by atoms with E-state index in [1.807, 2.05) is 12.1 Å². The maximum atomic E-state index is 12.6. The number of pyridine rings is 1. The normalized spacial score (nSPS) is 13.6. The molecule has 0 N–H and O–H groups in total. The van der Waals surface area contributed by atoms with E-state index in [0.717, 1.165) is 22.5 Å². The second-order valence-corrected chi connectivity index (χ2v) is 5.60. The summed E-state index contributed by atoms with van der Waals surface area (Å²) in [5, 5.41) is 4.10. The van der Waals surface area contributed by atoms with Crippen molar-refractivity contribution in [3.05, 3.63) is 54.3 Å². The first-order valence-electron chi connectivity index (χ1n) is 7.60. The van der Waals surface area contributed by atoms with Crippen LogP contribution in [0.1, 0.15) is 21.9 Å². The third-order valence-corrected chi connectivity index (χ3v) is 4.03. The number of aryl methyl sites for hydroxylation is 1. The molecule has 4 heterocycles. The summed E-state index contributed by atoms with van der Waals surface area (Å²) in [6.45, 7) is 1.04. The molecule has 0 saturated heterocycles. The Balaban J connectivity index is 1.68. The predicted molar refractivity (Wildman–Crippen MR) is 84.7 cm³/mol. The van der Waals surface area contributed by atoms with Crippen LogP contribution in [-0.4, -0.2) is 47.1 Å².